The molecule has 0 saturated carbocycles. The summed E-state index contributed by atoms with van der Waals surface area (Å²) in [6.07, 6.45) is -1.12. The Kier molecular flexibility index (Phi) is 4.81. The average molecular weight is 425 g/mol. The molecule has 1 amide bonds. The van der Waals surface area contributed by atoms with Crippen LogP contribution >= 0.6 is 0 Å². The van der Waals surface area contributed by atoms with Gasteiger partial charge in [0.1, 0.15) is 17.6 Å². The van der Waals surface area contributed by atoms with Gasteiger partial charge in [0.2, 0.25) is 11.8 Å². The van der Waals surface area contributed by atoms with Gasteiger partial charge in [0.25, 0.3) is 5.91 Å². The SMILES string of the molecule is O=C(c1coc(COc2ccc(OC(F)(F)F)nc2)n1)N1CC(O)(c2ccn[nH]2)C1. The number of likely N-dealkylation sites (tertiary alicyclic amines) is 1. The van der Waals surface area contributed by atoms with Crippen LogP contribution in [0.5, 0.6) is 11.6 Å². The molecule has 3 aromatic rings. The van der Waals surface area contributed by atoms with Crippen molar-refractivity contribution >= 4 is 5.91 Å². The van der Waals surface area contributed by atoms with Crippen LogP contribution in [0.2, 0.25) is 0 Å². The number of H-pyrrole nitrogens is 1. The fourth-order valence-electron chi connectivity index (χ4n) is 2.83. The largest absolute Gasteiger partial charge is 0.574 e. The number of hydrogen-bond donors (Lipinski definition) is 2. The first kappa shape index (κ1) is 19.7. The lowest BCUT2D eigenvalue weighted by Gasteiger charge is -2.45. The molecule has 1 saturated heterocycles. The first-order valence-corrected chi connectivity index (χ1v) is 8.52. The van der Waals surface area contributed by atoms with Crippen molar-refractivity contribution in [3.05, 3.63) is 54.1 Å². The fraction of sp³-hybridized carbons (Fsp3) is 0.294. The van der Waals surface area contributed by atoms with Gasteiger partial charge in [-0.1, -0.05) is 0 Å². The second kappa shape index (κ2) is 7.33. The van der Waals surface area contributed by atoms with E-state index in [1.807, 2.05) is 0 Å². The lowest BCUT2D eigenvalue weighted by atomic mass is 9.90. The van der Waals surface area contributed by atoms with Crippen molar-refractivity contribution in [2.75, 3.05) is 13.1 Å². The third-order valence-electron chi connectivity index (χ3n) is 4.26. The van der Waals surface area contributed by atoms with Gasteiger partial charge in [0.05, 0.1) is 25.0 Å². The van der Waals surface area contributed by atoms with Crippen molar-refractivity contribution < 1.29 is 37.0 Å². The van der Waals surface area contributed by atoms with Crippen LogP contribution in [-0.2, 0) is 12.2 Å². The Morgan fingerprint density at radius 1 is 1.33 bits per heavy atom. The molecule has 0 bridgehead atoms. The molecular weight excluding hydrogens is 411 g/mol. The molecule has 4 heterocycles. The summed E-state index contributed by atoms with van der Waals surface area (Å²) in [6, 6.07) is 3.86. The van der Waals surface area contributed by atoms with Crippen LogP contribution in [0.3, 0.4) is 0 Å². The molecule has 0 radical (unpaired) electrons. The maximum Gasteiger partial charge on any atom is 0.574 e. The second-order valence-corrected chi connectivity index (χ2v) is 6.46. The third kappa shape index (κ3) is 4.20. The average Bonchev–Trinajstić information content (AvgIpc) is 3.35. The number of β-amino-alcohol motifs (C(OH)–C–C–N with tert-alkyl or cyclic N) is 1. The standard InChI is InChI=1S/C17H14F3N5O5/c18-17(19,20)30-13-2-1-10(5-21-13)28-7-14-23-11(6-29-14)15(26)25-8-16(27,9-25)12-3-4-22-24-12/h1-6,27H,7-9H2,(H,22,24). The van der Waals surface area contributed by atoms with Gasteiger partial charge in [-0.3, -0.25) is 9.89 Å². The summed E-state index contributed by atoms with van der Waals surface area (Å²) in [5, 5.41) is 16.9. The van der Waals surface area contributed by atoms with Crippen molar-refractivity contribution in [3.8, 4) is 11.6 Å². The normalized spacial score (nSPS) is 15.5. The number of hydrogen-bond acceptors (Lipinski definition) is 8. The summed E-state index contributed by atoms with van der Waals surface area (Å²) in [5.41, 5.74) is -0.634. The summed E-state index contributed by atoms with van der Waals surface area (Å²) >= 11 is 0. The van der Waals surface area contributed by atoms with Crippen molar-refractivity contribution in [1.29, 1.82) is 0 Å². The number of oxazole rings is 1. The van der Waals surface area contributed by atoms with Gasteiger partial charge in [0.15, 0.2) is 12.3 Å². The molecule has 10 nitrogen and oxygen atoms in total. The molecule has 0 aliphatic carbocycles. The predicted molar refractivity (Wildman–Crippen MR) is 90.1 cm³/mol. The second-order valence-electron chi connectivity index (χ2n) is 6.46. The molecule has 0 atom stereocenters. The molecule has 0 unspecified atom stereocenters. The number of carbonyl (C=O) groups is 1. The maximum absolute atomic E-state index is 12.4. The number of alkyl halides is 3. The Hall–Kier alpha value is -3.61. The molecule has 4 rings (SSSR count). The van der Waals surface area contributed by atoms with Crippen LogP contribution in [0.4, 0.5) is 13.2 Å². The molecule has 0 aromatic carbocycles. The van der Waals surface area contributed by atoms with E-state index in [-0.39, 0.29) is 37.0 Å². The van der Waals surface area contributed by atoms with E-state index >= 15 is 0 Å². The minimum absolute atomic E-state index is 0.0345. The van der Waals surface area contributed by atoms with Gasteiger partial charge in [-0.25, -0.2) is 9.97 Å². The highest BCUT2D eigenvalue weighted by Gasteiger charge is 2.46. The molecule has 1 aliphatic rings. The highest BCUT2D eigenvalue weighted by Crippen LogP contribution is 2.31. The molecule has 1 aliphatic heterocycles. The van der Waals surface area contributed by atoms with Crippen LogP contribution in [0.25, 0.3) is 0 Å². The predicted octanol–water partition coefficient (Wildman–Crippen LogP) is 1.61. The number of nitrogens with one attached hydrogen (secondary N) is 1. The monoisotopic (exact) mass is 425 g/mol. The molecule has 3 aromatic heterocycles. The minimum Gasteiger partial charge on any atom is -0.482 e. The number of pyridine rings is 1. The number of halogens is 3. The minimum atomic E-state index is -4.83. The first-order valence-electron chi connectivity index (χ1n) is 8.52. The quantitative estimate of drug-likeness (QED) is 0.610. The number of amides is 1. The number of nitrogens with zero attached hydrogens (tertiary/aromatic N) is 4. The van der Waals surface area contributed by atoms with Crippen LogP contribution < -0.4 is 9.47 Å². The fourth-order valence-corrected chi connectivity index (χ4v) is 2.83. The highest BCUT2D eigenvalue weighted by atomic mass is 19.4. The van der Waals surface area contributed by atoms with E-state index in [4.69, 9.17) is 9.15 Å². The Balaban J connectivity index is 1.30. The smallest absolute Gasteiger partial charge is 0.482 e. The maximum atomic E-state index is 12.4. The summed E-state index contributed by atoms with van der Waals surface area (Å²) in [4.78, 5) is 21.3. The molecule has 0 spiro atoms. The number of carbonyl (C=O) groups excluding carboxylic acids is 1. The van der Waals surface area contributed by atoms with Crippen LogP contribution in [0, 0.1) is 0 Å². The van der Waals surface area contributed by atoms with E-state index in [9.17, 15) is 23.1 Å². The van der Waals surface area contributed by atoms with E-state index in [0.717, 1.165) is 18.5 Å². The molecule has 13 heteroatoms. The van der Waals surface area contributed by atoms with Gasteiger partial charge in [0, 0.05) is 12.3 Å². The topological polar surface area (TPSA) is 127 Å². The molecular formula is C17H14F3N5O5. The number of aliphatic hydroxyl groups is 1. The van der Waals surface area contributed by atoms with Crippen LogP contribution in [0.1, 0.15) is 22.1 Å². The van der Waals surface area contributed by atoms with E-state index in [0.29, 0.717) is 5.69 Å². The van der Waals surface area contributed by atoms with Gasteiger partial charge < -0.3 is 23.9 Å². The zero-order valence-corrected chi connectivity index (χ0v) is 15.1. The van der Waals surface area contributed by atoms with Crippen LogP contribution in [0.15, 0.2) is 41.3 Å². The van der Waals surface area contributed by atoms with Gasteiger partial charge in [-0.05, 0) is 12.1 Å². The van der Waals surface area contributed by atoms with Gasteiger partial charge in [-0.2, -0.15) is 5.10 Å². The van der Waals surface area contributed by atoms with Crippen LogP contribution in [-0.4, -0.2) is 55.5 Å². The van der Waals surface area contributed by atoms with Gasteiger partial charge in [-0.15, -0.1) is 13.2 Å². The number of aromatic amines is 1. The first-order chi connectivity index (χ1) is 14.2. The third-order valence-corrected chi connectivity index (χ3v) is 4.26. The van der Waals surface area contributed by atoms with E-state index in [1.165, 1.54) is 17.2 Å². The summed E-state index contributed by atoms with van der Waals surface area (Å²) in [6.45, 7) is -0.0258. The highest BCUT2D eigenvalue weighted by molar-refractivity contribution is 5.92. The zero-order chi connectivity index (χ0) is 21.4. The van der Waals surface area contributed by atoms with Gasteiger partial charge >= 0.3 is 6.36 Å². The molecule has 1 fully saturated rings. The Labute approximate surface area is 166 Å². The van der Waals surface area contributed by atoms with E-state index in [1.54, 1.807) is 6.07 Å². The molecule has 158 valence electrons. The van der Waals surface area contributed by atoms with Crippen molar-refractivity contribution in [1.82, 2.24) is 25.1 Å². The lowest BCUT2D eigenvalue weighted by Crippen LogP contribution is -2.61. The van der Waals surface area contributed by atoms with Crippen molar-refractivity contribution in [2.24, 2.45) is 0 Å². The van der Waals surface area contributed by atoms with E-state index < -0.39 is 23.8 Å². The number of ether oxygens (including phenoxy) is 2. The van der Waals surface area contributed by atoms with Crippen molar-refractivity contribution in [2.45, 2.75) is 18.6 Å². The summed E-state index contributed by atoms with van der Waals surface area (Å²) in [5.74, 6) is -0.811. The number of rotatable bonds is 6. The zero-order valence-electron chi connectivity index (χ0n) is 15.1. The summed E-state index contributed by atoms with van der Waals surface area (Å²) < 4.78 is 50.5. The Morgan fingerprint density at radius 3 is 2.77 bits per heavy atom. The lowest BCUT2D eigenvalue weighted by molar-refractivity contribution is -0.276. The molecule has 30 heavy (non-hydrogen) atoms. The van der Waals surface area contributed by atoms with Crippen molar-refractivity contribution in [3.63, 3.8) is 0 Å². The summed E-state index contributed by atoms with van der Waals surface area (Å²) in [7, 11) is 0. The Bertz CT molecular complexity index is 1010. The number of aromatic nitrogens is 4. The Morgan fingerprint density at radius 2 is 2.13 bits per heavy atom. The van der Waals surface area contributed by atoms with E-state index in [2.05, 4.69) is 24.9 Å². The molecule has 2 N–H and O–H groups in total.